The summed E-state index contributed by atoms with van der Waals surface area (Å²) >= 11 is 0. The van der Waals surface area contributed by atoms with Crippen molar-refractivity contribution >= 4 is 5.91 Å². The number of carbonyl (C=O) groups is 1. The van der Waals surface area contributed by atoms with Gasteiger partial charge in [0.1, 0.15) is 11.6 Å². The smallest absolute Gasteiger partial charge is 0.237 e. The molecule has 1 saturated heterocycles. The molecule has 2 N–H and O–H groups in total. The van der Waals surface area contributed by atoms with Crippen LogP contribution in [0, 0.1) is 11.6 Å². The molecule has 1 aromatic rings. The van der Waals surface area contributed by atoms with Crippen molar-refractivity contribution in [2.24, 2.45) is 0 Å². The molecule has 0 bridgehead atoms. The van der Waals surface area contributed by atoms with E-state index in [-0.39, 0.29) is 24.1 Å². The summed E-state index contributed by atoms with van der Waals surface area (Å²) in [6, 6.07) is 3.12. The van der Waals surface area contributed by atoms with Crippen molar-refractivity contribution in [2.45, 2.75) is 31.9 Å². The Morgan fingerprint density at radius 1 is 1.43 bits per heavy atom. The molecule has 1 aliphatic rings. The molecule has 1 aromatic carbocycles. The van der Waals surface area contributed by atoms with Gasteiger partial charge in [-0.25, -0.2) is 8.78 Å². The Hall–Kier alpha value is -1.53. The molecule has 1 heterocycles. The number of halogens is 2. The lowest BCUT2D eigenvalue weighted by Crippen LogP contribution is -2.45. The summed E-state index contributed by atoms with van der Waals surface area (Å²) < 4.78 is 27.4. The molecule has 0 aliphatic carbocycles. The maximum atomic E-state index is 13.7. The number of benzene rings is 1. The van der Waals surface area contributed by atoms with Crippen LogP contribution >= 0.6 is 0 Å². The third-order valence-corrected chi connectivity index (χ3v) is 3.79. The molecular weight excluding hydrogens is 278 g/mol. The number of amides is 1. The van der Waals surface area contributed by atoms with Crippen LogP contribution in [0.1, 0.15) is 31.4 Å². The highest BCUT2D eigenvalue weighted by molar-refractivity contribution is 5.81. The molecule has 1 aliphatic heterocycles. The minimum absolute atomic E-state index is 0.0315. The second-order valence-electron chi connectivity index (χ2n) is 5.21. The first-order chi connectivity index (χ1) is 10.0. The number of hydrogen-bond donors (Lipinski definition) is 2. The SMILES string of the molecule is CC[C@H]1C(=O)NCCCN1CC(O)c1c(F)cccc1F. The minimum atomic E-state index is -1.30. The van der Waals surface area contributed by atoms with Crippen LogP contribution < -0.4 is 5.32 Å². The summed E-state index contributed by atoms with van der Waals surface area (Å²) in [5.41, 5.74) is -0.336. The first kappa shape index (κ1) is 15.9. The van der Waals surface area contributed by atoms with Crippen molar-refractivity contribution in [3.8, 4) is 0 Å². The van der Waals surface area contributed by atoms with E-state index in [1.165, 1.54) is 6.07 Å². The predicted molar refractivity (Wildman–Crippen MR) is 74.6 cm³/mol. The van der Waals surface area contributed by atoms with E-state index in [1.807, 2.05) is 6.92 Å². The fourth-order valence-corrected chi connectivity index (χ4v) is 2.74. The van der Waals surface area contributed by atoms with E-state index < -0.39 is 17.7 Å². The molecule has 4 nitrogen and oxygen atoms in total. The van der Waals surface area contributed by atoms with Crippen LogP contribution in [0.2, 0.25) is 0 Å². The first-order valence-electron chi connectivity index (χ1n) is 7.18. The minimum Gasteiger partial charge on any atom is -0.387 e. The van der Waals surface area contributed by atoms with Gasteiger partial charge in [0.2, 0.25) is 5.91 Å². The van der Waals surface area contributed by atoms with Crippen molar-refractivity contribution in [1.29, 1.82) is 0 Å². The normalized spacial score (nSPS) is 21.7. The van der Waals surface area contributed by atoms with Gasteiger partial charge in [0.25, 0.3) is 0 Å². The molecule has 2 atom stereocenters. The van der Waals surface area contributed by atoms with Gasteiger partial charge >= 0.3 is 0 Å². The second-order valence-corrected chi connectivity index (χ2v) is 5.21. The second kappa shape index (κ2) is 6.95. The Labute approximate surface area is 122 Å². The zero-order valence-corrected chi connectivity index (χ0v) is 12.0. The van der Waals surface area contributed by atoms with Gasteiger partial charge in [-0.15, -0.1) is 0 Å². The third-order valence-electron chi connectivity index (χ3n) is 3.79. The summed E-state index contributed by atoms with van der Waals surface area (Å²) in [4.78, 5) is 13.7. The van der Waals surface area contributed by atoms with Gasteiger partial charge in [-0.2, -0.15) is 0 Å². The molecule has 1 fully saturated rings. The fourth-order valence-electron chi connectivity index (χ4n) is 2.74. The molecule has 0 aromatic heterocycles. The number of hydrogen-bond acceptors (Lipinski definition) is 3. The lowest BCUT2D eigenvalue weighted by molar-refractivity contribution is -0.126. The van der Waals surface area contributed by atoms with Crippen molar-refractivity contribution in [2.75, 3.05) is 19.6 Å². The molecule has 1 amide bonds. The molecule has 1 unspecified atom stereocenters. The van der Waals surface area contributed by atoms with Gasteiger partial charge in [0, 0.05) is 19.6 Å². The van der Waals surface area contributed by atoms with Gasteiger partial charge in [-0.05, 0) is 25.0 Å². The fraction of sp³-hybridized carbons (Fsp3) is 0.533. The van der Waals surface area contributed by atoms with Crippen LogP contribution in [0.3, 0.4) is 0 Å². The lowest BCUT2D eigenvalue weighted by Gasteiger charge is -2.29. The Morgan fingerprint density at radius 2 is 2.10 bits per heavy atom. The van der Waals surface area contributed by atoms with Crippen LogP contribution in [-0.4, -0.2) is 41.6 Å². The standard InChI is InChI=1S/C15H20F2N2O2/c1-2-12-15(21)18-7-4-8-19(12)9-13(20)14-10(16)5-3-6-11(14)17/h3,5-6,12-13,20H,2,4,7-9H2,1H3,(H,18,21)/t12-,13?/m0/s1. The summed E-state index contributed by atoms with van der Waals surface area (Å²) in [6.07, 6.45) is 0.0265. The number of nitrogens with one attached hydrogen (secondary N) is 1. The van der Waals surface area contributed by atoms with Crippen LogP contribution in [-0.2, 0) is 4.79 Å². The van der Waals surface area contributed by atoms with E-state index in [2.05, 4.69) is 5.32 Å². The number of aliphatic hydroxyl groups excluding tert-OH is 1. The van der Waals surface area contributed by atoms with Crippen LogP contribution in [0.15, 0.2) is 18.2 Å². The molecular formula is C15H20F2N2O2. The zero-order chi connectivity index (χ0) is 15.4. The Balaban J connectivity index is 2.17. The summed E-state index contributed by atoms with van der Waals surface area (Å²) in [5, 5.41) is 13.0. The van der Waals surface area contributed by atoms with E-state index in [0.29, 0.717) is 19.5 Å². The van der Waals surface area contributed by atoms with E-state index in [9.17, 15) is 18.7 Å². The topological polar surface area (TPSA) is 52.6 Å². The van der Waals surface area contributed by atoms with Crippen LogP contribution in [0.25, 0.3) is 0 Å². The number of aliphatic hydroxyl groups is 1. The zero-order valence-electron chi connectivity index (χ0n) is 12.0. The van der Waals surface area contributed by atoms with Crippen LogP contribution in [0.4, 0.5) is 8.78 Å². The van der Waals surface area contributed by atoms with Crippen molar-refractivity contribution in [3.05, 3.63) is 35.4 Å². The van der Waals surface area contributed by atoms with Gasteiger partial charge in [-0.1, -0.05) is 13.0 Å². The van der Waals surface area contributed by atoms with E-state index >= 15 is 0 Å². The third kappa shape index (κ3) is 3.57. The van der Waals surface area contributed by atoms with E-state index in [1.54, 1.807) is 4.90 Å². The molecule has 21 heavy (non-hydrogen) atoms. The first-order valence-corrected chi connectivity index (χ1v) is 7.18. The van der Waals surface area contributed by atoms with Crippen molar-refractivity contribution in [3.63, 3.8) is 0 Å². The summed E-state index contributed by atoms with van der Waals surface area (Å²) in [7, 11) is 0. The van der Waals surface area contributed by atoms with Crippen molar-refractivity contribution < 1.29 is 18.7 Å². The highest BCUT2D eigenvalue weighted by atomic mass is 19.1. The largest absolute Gasteiger partial charge is 0.387 e. The van der Waals surface area contributed by atoms with E-state index in [0.717, 1.165) is 18.6 Å². The maximum absolute atomic E-state index is 13.7. The molecule has 6 heteroatoms. The Bertz CT molecular complexity index is 490. The number of carbonyl (C=O) groups excluding carboxylic acids is 1. The Morgan fingerprint density at radius 3 is 2.71 bits per heavy atom. The number of rotatable bonds is 4. The lowest BCUT2D eigenvalue weighted by atomic mass is 10.1. The van der Waals surface area contributed by atoms with Crippen molar-refractivity contribution in [1.82, 2.24) is 10.2 Å². The average Bonchev–Trinajstić information content (AvgIpc) is 2.60. The highest BCUT2D eigenvalue weighted by Gasteiger charge is 2.29. The molecule has 2 rings (SSSR count). The van der Waals surface area contributed by atoms with Gasteiger partial charge < -0.3 is 10.4 Å². The maximum Gasteiger partial charge on any atom is 0.237 e. The molecule has 116 valence electrons. The highest BCUT2D eigenvalue weighted by Crippen LogP contribution is 2.23. The number of β-amino-alcohol motifs (C(OH)–C–C–N with tert-alkyl or cyclic N) is 1. The molecule has 0 radical (unpaired) electrons. The summed E-state index contributed by atoms with van der Waals surface area (Å²) in [5.74, 6) is -1.64. The predicted octanol–water partition coefficient (Wildman–Crippen LogP) is 1.60. The van der Waals surface area contributed by atoms with Crippen LogP contribution in [0.5, 0.6) is 0 Å². The Kier molecular flexibility index (Phi) is 5.25. The monoisotopic (exact) mass is 298 g/mol. The quantitative estimate of drug-likeness (QED) is 0.888. The summed E-state index contributed by atoms with van der Waals surface area (Å²) in [6.45, 7) is 3.09. The van der Waals surface area contributed by atoms with Gasteiger partial charge in [0.05, 0.1) is 17.7 Å². The van der Waals surface area contributed by atoms with Gasteiger partial charge in [0.15, 0.2) is 0 Å². The van der Waals surface area contributed by atoms with E-state index in [4.69, 9.17) is 0 Å². The average molecular weight is 298 g/mol. The number of nitrogens with zero attached hydrogens (tertiary/aromatic N) is 1. The molecule has 0 spiro atoms. The molecule has 0 saturated carbocycles. The van der Waals surface area contributed by atoms with Gasteiger partial charge in [-0.3, -0.25) is 9.69 Å².